The van der Waals surface area contributed by atoms with Crippen molar-refractivity contribution in [3.63, 3.8) is 0 Å². The molecule has 0 amide bonds. The van der Waals surface area contributed by atoms with E-state index in [0.29, 0.717) is 16.1 Å². The van der Waals surface area contributed by atoms with Crippen LogP contribution in [-0.2, 0) is 16.2 Å². The zero-order valence-electron chi connectivity index (χ0n) is 15.5. The number of thiophene rings is 1. The third kappa shape index (κ3) is 4.38. The summed E-state index contributed by atoms with van der Waals surface area (Å²) in [6.07, 6.45) is -3.71. The molecule has 0 bridgehead atoms. The third-order valence-corrected chi connectivity index (χ3v) is 6.78. The molecule has 0 unspecified atom stereocenters. The number of hydrogen-bond acceptors (Lipinski definition) is 4. The zero-order valence-corrected chi connectivity index (χ0v) is 17.9. The molecule has 4 aromatic rings. The van der Waals surface area contributed by atoms with Gasteiger partial charge in [-0.15, -0.1) is 11.3 Å². The molecule has 0 radical (unpaired) electrons. The molecule has 0 aliphatic heterocycles. The molecule has 0 aliphatic rings. The molecular weight excluding hydrogens is 471 g/mol. The van der Waals surface area contributed by atoms with E-state index in [1.165, 1.54) is 28.0 Å². The monoisotopic (exact) mass is 483 g/mol. The average molecular weight is 484 g/mol. The molecule has 31 heavy (non-hydrogen) atoms. The lowest BCUT2D eigenvalue weighted by Gasteiger charge is -2.08. The summed E-state index contributed by atoms with van der Waals surface area (Å²) >= 11 is 7.43. The number of rotatable bonds is 4. The van der Waals surface area contributed by atoms with Crippen LogP contribution in [0.1, 0.15) is 5.69 Å². The lowest BCUT2D eigenvalue weighted by molar-refractivity contribution is -0.140. The van der Waals surface area contributed by atoms with Gasteiger partial charge in [0.2, 0.25) is 10.0 Å². The smallest absolute Gasteiger partial charge is 0.297 e. The van der Waals surface area contributed by atoms with Crippen LogP contribution < -0.4 is 5.14 Å². The summed E-state index contributed by atoms with van der Waals surface area (Å²) in [5.41, 5.74) is 0.0278. The molecule has 2 aromatic heterocycles. The summed E-state index contributed by atoms with van der Waals surface area (Å²) in [5.74, 6) is 0.0952. The van der Waals surface area contributed by atoms with E-state index in [1.807, 2.05) is 0 Å². The van der Waals surface area contributed by atoms with Gasteiger partial charge in [0.05, 0.1) is 20.5 Å². The van der Waals surface area contributed by atoms with Gasteiger partial charge in [0.25, 0.3) is 0 Å². The van der Waals surface area contributed by atoms with Gasteiger partial charge in [0.15, 0.2) is 11.5 Å². The summed E-state index contributed by atoms with van der Waals surface area (Å²) in [5, 5.41) is 5.39. The lowest BCUT2D eigenvalue weighted by atomic mass is 10.2. The highest BCUT2D eigenvalue weighted by atomic mass is 35.5. The van der Waals surface area contributed by atoms with Crippen LogP contribution in [0.4, 0.5) is 13.2 Å². The maximum atomic E-state index is 13.4. The highest BCUT2D eigenvalue weighted by Crippen LogP contribution is 2.38. The van der Waals surface area contributed by atoms with Gasteiger partial charge in [-0.3, -0.25) is 4.57 Å². The molecule has 4 rings (SSSR count). The second-order valence-electron chi connectivity index (χ2n) is 6.50. The van der Waals surface area contributed by atoms with Gasteiger partial charge < -0.3 is 0 Å². The minimum Gasteiger partial charge on any atom is -0.297 e. The van der Waals surface area contributed by atoms with E-state index in [-0.39, 0.29) is 15.7 Å². The van der Waals surface area contributed by atoms with Gasteiger partial charge in [-0.05, 0) is 42.0 Å². The molecule has 0 spiro atoms. The second-order valence-corrected chi connectivity index (χ2v) is 9.55. The summed E-state index contributed by atoms with van der Waals surface area (Å²) in [6, 6.07) is 15.8. The molecule has 0 aliphatic carbocycles. The fourth-order valence-electron chi connectivity index (χ4n) is 2.94. The van der Waals surface area contributed by atoms with E-state index in [9.17, 15) is 21.6 Å². The quantitative estimate of drug-likeness (QED) is 0.411. The van der Waals surface area contributed by atoms with Crippen molar-refractivity contribution in [2.75, 3.05) is 0 Å². The van der Waals surface area contributed by atoms with Crippen LogP contribution in [-0.4, -0.2) is 18.0 Å². The normalized spacial score (nSPS) is 12.3. The summed E-state index contributed by atoms with van der Waals surface area (Å²) < 4.78 is 64.2. The van der Waals surface area contributed by atoms with Crippen LogP contribution in [0.2, 0.25) is 5.02 Å². The summed E-state index contributed by atoms with van der Waals surface area (Å²) in [4.78, 5) is 4.99. The highest BCUT2D eigenvalue weighted by Gasteiger charge is 2.35. The number of halogens is 4. The first-order valence-electron chi connectivity index (χ1n) is 8.69. The van der Waals surface area contributed by atoms with Gasteiger partial charge in [-0.25, -0.2) is 18.5 Å². The topological polar surface area (TPSA) is 78.0 Å². The SMILES string of the molecule is NS(=O)(=O)c1ccc(-c2ccc(-c3nc(C(F)(F)F)cn3-c3ccccc3Cl)s2)cc1. The molecule has 0 saturated heterocycles. The molecule has 160 valence electrons. The predicted octanol–water partition coefficient (Wildman–Crippen LogP) is 5.59. The Morgan fingerprint density at radius 3 is 2.23 bits per heavy atom. The Bertz CT molecular complexity index is 1360. The van der Waals surface area contributed by atoms with E-state index >= 15 is 0 Å². The predicted molar refractivity (Wildman–Crippen MR) is 114 cm³/mol. The van der Waals surface area contributed by atoms with E-state index in [0.717, 1.165) is 11.1 Å². The average Bonchev–Trinajstić information content (AvgIpc) is 3.35. The number of para-hydroxylation sites is 1. The number of alkyl halides is 3. The van der Waals surface area contributed by atoms with E-state index in [2.05, 4.69) is 4.98 Å². The van der Waals surface area contributed by atoms with Gasteiger partial charge in [-0.2, -0.15) is 13.2 Å². The largest absolute Gasteiger partial charge is 0.434 e. The van der Waals surface area contributed by atoms with Gasteiger partial charge >= 0.3 is 6.18 Å². The maximum absolute atomic E-state index is 13.4. The number of nitrogens with zero attached hydrogens (tertiary/aromatic N) is 2. The number of imidazole rings is 1. The molecule has 5 nitrogen and oxygen atoms in total. The van der Waals surface area contributed by atoms with E-state index in [4.69, 9.17) is 16.7 Å². The lowest BCUT2D eigenvalue weighted by Crippen LogP contribution is -2.11. The Kier molecular flexibility index (Phi) is 5.42. The Morgan fingerprint density at radius 1 is 0.968 bits per heavy atom. The summed E-state index contributed by atoms with van der Waals surface area (Å²) in [6.45, 7) is 0. The number of benzene rings is 2. The Morgan fingerprint density at radius 2 is 1.61 bits per heavy atom. The maximum Gasteiger partial charge on any atom is 0.434 e. The Labute approximate surface area is 184 Å². The number of primary sulfonamides is 1. The first-order chi connectivity index (χ1) is 14.5. The molecular formula is C20H13ClF3N3O2S2. The van der Waals surface area contributed by atoms with E-state index in [1.54, 1.807) is 48.5 Å². The number of nitrogens with two attached hydrogens (primary N) is 1. The summed E-state index contributed by atoms with van der Waals surface area (Å²) in [7, 11) is -3.82. The number of hydrogen-bond donors (Lipinski definition) is 1. The highest BCUT2D eigenvalue weighted by molar-refractivity contribution is 7.89. The second kappa shape index (κ2) is 7.79. The minimum absolute atomic E-state index is 0.0305. The van der Waals surface area contributed by atoms with Crippen molar-refractivity contribution in [2.24, 2.45) is 5.14 Å². The first kappa shape index (κ1) is 21.6. The van der Waals surface area contributed by atoms with Crippen molar-refractivity contribution < 1.29 is 21.6 Å². The van der Waals surface area contributed by atoms with Crippen LogP contribution in [0.25, 0.3) is 26.8 Å². The van der Waals surface area contributed by atoms with Crippen molar-refractivity contribution in [1.29, 1.82) is 0 Å². The van der Waals surface area contributed by atoms with Gasteiger partial charge in [0.1, 0.15) is 0 Å². The van der Waals surface area contributed by atoms with Gasteiger partial charge in [-0.1, -0.05) is 35.9 Å². The van der Waals surface area contributed by atoms with Crippen LogP contribution in [0.5, 0.6) is 0 Å². The molecule has 2 N–H and O–H groups in total. The van der Waals surface area contributed by atoms with Crippen LogP contribution >= 0.6 is 22.9 Å². The van der Waals surface area contributed by atoms with Gasteiger partial charge in [0, 0.05) is 11.1 Å². The van der Waals surface area contributed by atoms with Crippen molar-refractivity contribution in [2.45, 2.75) is 11.1 Å². The van der Waals surface area contributed by atoms with Crippen LogP contribution in [0, 0.1) is 0 Å². The zero-order chi connectivity index (χ0) is 22.4. The first-order valence-corrected chi connectivity index (χ1v) is 11.4. The minimum atomic E-state index is -4.62. The van der Waals surface area contributed by atoms with Crippen molar-refractivity contribution in [3.05, 3.63) is 77.6 Å². The van der Waals surface area contributed by atoms with Crippen LogP contribution in [0.3, 0.4) is 0 Å². The van der Waals surface area contributed by atoms with Crippen molar-refractivity contribution >= 4 is 33.0 Å². The van der Waals surface area contributed by atoms with Crippen LogP contribution in [0.15, 0.2) is 71.8 Å². The van der Waals surface area contributed by atoms with E-state index < -0.39 is 21.9 Å². The van der Waals surface area contributed by atoms with Crippen molar-refractivity contribution in [3.8, 4) is 26.8 Å². The molecule has 2 aromatic carbocycles. The molecule has 0 saturated carbocycles. The molecule has 2 heterocycles. The Balaban J connectivity index is 1.80. The Hall–Kier alpha value is -2.66. The molecule has 0 fully saturated rings. The fraction of sp³-hybridized carbons (Fsp3) is 0.0500. The molecule has 0 atom stereocenters. The molecule has 11 heteroatoms. The van der Waals surface area contributed by atoms with Crippen molar-refractivity contribution in [1.82, 2.24) is 9.55 Å². The number of sulfonamides is 1. The number of aromatic nitrogens is 2. The fourth-order valence-corrected chi connectivity index (χ4v) is 4.68. The third-order valence-electron chi connectivity index (χ3n) is 4.40. The standard InChI is InChI=1S/C20H13ClF3N3O2S2/c21-14-3-1-2-4-15(14)27-11-18(20(22,23)24)26-19(27)17-10-9-16(30-17)12-5-7-13(8-6-12)31(25,28)29/h1-11H,(H2,25,28,29).